The molecular weight excluding hydrogens is 288 g/mol. The van der Waals surface area contributed by atoms with Gasteiger partial charge in [-0.25, -0.2) is 4.79 Å². The van der Waals surface area contributed by atoms with E-state index in [0.717, 1.165) is 12.2 Å². The average Bonchev–Trinajstić information content (AvgIpc) is 2.52. The number of hydrogen-bond acceptors (Lipinski definition) is 3. The first-order valence-electron chi connectivity index (χ1n) is 7.06. The summed E-state index contributed by atoms with van der Waals surface area (Å²) in [6.45, 7) is 3.15. The summed E-state index contributed by atoms with van der Waals surface area (Å²) in [6.07, 6.45) is 1.01. The second-order valence-electron chi connectivity index (χ2n) is 4.95. The molecule has 5 nitrogen and oxygen atoms in total. The van der Waals surface area contributed by atoms with Gasteiger partial charge in [-0.1, -0.05) is 25.1 Å². The zero-order valence-corrected chi connectivity index (χ0v) is 12.9. The lowest BCUT2D eigenvalue weighted by molar-refractivity contribution is -0.135. The fourth-order valence-corrected chi connectivity index (χ4v) is 3.50. The van der Waals surface area contributed by atoms with Gasteiger partial charge in [0.2, 0.25) is 0 Å². The lowest BCUT2D eigenvalue weighted by Gasteiger charge is -2.35. The molecule has 114 valence electrons. The Bertz CT molecular complexity index is 495. The second-order valence-corrected chi connectivity index (χ2v) is 6.35. The molecule has 1 aliphatic heterocycles. The third-order valence-electron chi connectivity index (χ3n) is 3.46. The highest BCUT2D eigenvalue weighted by Gasteiger charge is 2.28. The van der Waals surface area contributed by atoms with E-state index in [0.29, 0.717) is 24.0 Å². The van der Waals surface area contributed by atoms with E-state index in [1.54, 1.807) is 29.2 Å². The number of anilines is 1. The third-order valence-corrected chi connectivity index (χ3v) is 4.83. The van der Waals surface area contributed by atoms with Crippen molar-refractivity contribution in [2.45, 2.75) is 18.6 Å². The lowest BCUT2D eigenvalue weighted by Crippen LogP contribution is -2.50. The standard InChI is InChI=1S/C15H20N2O3S/c1-2-13-10-16(8-9-21-13)15(20)17(11-14(18)19)12-6-4-3-5-7-12/h3-7,13H,2,8-11H2,1H3,(H,18,19). The number of urea groups is 1. The number of rotatable bonds is 4. The van der Waals surface area contributed by atoms with E-state index in [1.807, 2.05) is 17.8 Å². The Morgan fingerprint density at radius 3 is 2.71 bits per heavy atom. The second kappa shape index (κ2) is 7.36. The van der Waals surface area contributed by atoms with Crippen LogP contribution in [0.3, 0.4) is 0 Å². The Labute approximate surface area is 128 Å². The summed E-state index contributed by atoms with van der Waals surface area (Å²) < 4.78 is 0. The van der Waals surface area contributed by atoms with Gasteiger partial charge < -0.3 is 10.0 Å². The summed E-state index contributed by atoms with van der Waals surface area (Å²) in [7, 11) is 0. The first-order valence-corrected chi connectivity index (χ1v) is 8.11. The highest BCUT2D eigenvalue weighted by molar-refractivity contribution is 8.00. The number of thioether (sulfide) groups is 1. The van der Waals surface area contributed by atoms with Crippen LogP contribution >= 0.6 is 11.8 Å². The molecule has 1 N–H and O–H groups in total. The van der Waals surface area contributed by atoms with Gasteiger partial charge in [0.1, 0.15) is 6.54 Å². The van der Waals surface area contributed by atoms with E-state index in [4.69, 9.17) is 5.11 Å². The number of carboxylic acid groups (broad SMARTS) is 1. The molecule has 0 radical (unpaired) electrons. The van der Waals surface area contributed by atoms with Crippen molar-refractivity contribution in [2.75, 3.05) is 30.3 Å². The van der Waals surface area contributed by atoms with Crippen molar-refractivity contribution in [1.82, 2.24) is 4.90 Å². The number of para-hydroxylation sites is 1. The fourth-order valence-electron chi connectivity index (χ4n) is 2.32. The molecule has 0 aliphatic carbocycles. The minimum absolute atomic E-state index is 0.220. The number of hydrogen-bond donors (Lipinski definition) is 1. The molecule has 2 rings (SSSR count). The number of aliphatic carboxylic acids is 1. The van der Waals surface area contributed by atoms with Gasteiger partial charge in [-0.2, -0.15) is 11.8 Å². The van der Waals surface area contributed by atoms with Crippen LogP contribution in [-0.2, 0) is 4.79 Å². The van der Waals surface area contributed by atoms with Crippen LogP contribution in [0.5, 0.6) is 0 Å². The van der Waals surface area contributed by atoms with Crippen molar-refractivity contribution in [3.63, 3.8) is 0 Å². The number of amides is 2. The molecule has 0 aromatic heterocycles. The van der Waals surface area contributed by atoms with E-state index in [-0.39, 0.29) is 12.6 Å². The minimum Gasteiger partial charge on any atom is -0.480 e. The maximum Gasteiger partial charge on any atom is 0.325 e. The van der Waals surface area contributed by atoms with Crippen LogP contribution in [-0.4, -0.2) is 52.6 Å². The summed E-state index contributed by atoms with van der Waals surface area (Å²) in [4.78, 5) is 26.9. The van der Waals surface area contributed by atoms with E-state index in [1.165, 1.54) is 4.90 Å². The van der Waals surface area contributed by atoms with E-state index < -0.39 is 5.97 Å². The normalized spacial score (nSPS) is 18.3. The molecule has 0 saturated carbocycles. The largest absolute Gasteiger partial charge is 0.480 e. The summed E-state index contributed by atoms with van der Waals surface area (Å²) in [5.41, 5.74) is 0.621. The van der Waals surface area contributed by atoms with Gasteiger partial charge in [0, 0.05) is 29.8 Å². The lowest BCUT2D eigenvalue weighted by atomic mass is 10.2. The van der Waals surface area contributed by atoms with Crippen LogP contribution in [0.1, 0.15) is 13.3 Å². The average molecular weight is 308 g/mol. The molecule has 1 aromatic rings. The van der Waals surface area contributed by atoms with Crippen LogP contribution in [0.2, 0.25) is 0 Å². The zero-order valence-electron chi connectivity index (χ0n) is 12.1. The van der Waals surface area contributed by atoms with Crippen molar-refractivity contribution in [1.29, 1.82) is 0 Å². The number of carboxylic acids is 1. The Balaban J connectivity index is 2.16. The van der Waals surface area contributed by atoms with Crippen molar-refractivity contribution < 1.29 is 14.7 Å². The van der Waals surface area contributed by atoms with Gasteiger partial charge in [-0.3, -0.25) is 9.69 Å². The maximum absolute atomic E-state index is 12.7. The molecule has 1 heterocycles. The van der Waals surface area contributed by atoms with Crippen molar-refractivity contribution in [3.8, 4) is 0 Å². The molecule has 0 spiro atoms. The quantitative estimate of drug-likeness (QED) is 0.928. The van der Waals surface area contributed by atoms with Crippen molar-refractivity contribution in [3.05, 3.63) is 30.3 Å². The Morgan fingerprint density at radius 1 is 1.38 bits per heavy atom. The Morgan fingerprint density at radius 2 is 2.10 bits per heavy atom. The van der Waals surface area contributed by atoms with E-state index >= 15 is 0 Å². The van der Waals surface area contributed by atoms with Crippen LogP contribution in [0.4, 0.5) is 10.5 Å². The summed E-state index contributed by atoms with van der Waals surface area (Å²) in [6, 6.07) is 8.75. The summed E-state index contributed by atoms with van der Waals surface area (Å²) >= 11 is 1.88. The predicted molar refractivity (Wildman–Crippen MR) is 84.9 cm³/mol. The molecule has 0 bridgehead atoms. The molecule has 2 amide bonds. The SMILES string of the molecule is CCC1CN(C(=O)N(CC(=O)O)c2ccccc2)CCS1. The molecule has 1 saturated heterocycles. The topological polar surface area (TPSA) is 60.9 Å². The van der Waals surface area contributed by atoms with Crippen LogP contribution < -0.4 is 4.90 Å². The van der Waals surface area contributed by atoms with Crippen molar-refractivity contribution in [2.24, 2.45) is 0 Å². The summed E-state index contributed by atoms with van der Waals surface area (Å²) in [5, 5.41) is 9.51. The molecule has 1 atom stereocenters. The number of carbonyl (C=O) groups is 2. The number of carbonyl (C=O) groups excluding carboxylic acids is 1. The van der Waals surface area contributed by atoms with E-state index in [9.17, 15) is 9.59 Å². The van der Waals surface area contributed by atoms with E-state index in [2.05, 4.69) is 6.92 Å². The zero-order chi connectivity index (χ0) is 15.2. The van der Waals surface area contributed by atoms with Gasteiger partial charge in [0.05, 0.1) is 0 Å². The number of benzene rings is 1. The molecule has 1 fully saturated rings. The van der Waals surface area contributed by atoms with Crippen LogP contribution in [0.25, 0.3) is 0 Å². The highest BCUT2D eigenvalue weighted by Crippen LogP contribution is 2.23. The first kappa shape index (κ1) is 15.7. The molecule has 1 aliphatic rings. The van der Waals surface area contributed by atoms with Crippen molar-refractivity contribution >= 4 is 29.4 Å². The monoisotopic (exact) mass is 308 g/mol. The number of nitrogens with zero attached hydrogens (tertiary/aromatic N) is 2. The van der Waals surface area contributed by atoms with Gasteiger partial charge >= 0.3 is 12.0 Å². The maximum atomic E-state index is 12.7. The van der Waals surface area contributed by atoms with Gasteiger partial charge in [-0.15, -0.1) is 0 Å². The Hall–Kier alpha value is -1.69. The van der Waals surface area contributed by atoms with Crippen LogP contribution in [0, 0.1) is 0 Å². The molecule has 21 heavy (non-hydrogen) atoms. The fraction of sp³-hybridized carbons (Fsp3) is 0.467. The molecule has 1 unspecified atom stereocenters. The third kappa shape index (κ3) is 4.14. The van der Waals surface area contributed by atoms with Crippen LogP contribution in [0.15, 0.2) is 30.3 Å². The van der Waals surface area contributed by atoms with Gasteiger partial charge in [0.25, 0.3) is 0 Å². The predicted octanol–water partition coefficient (Wildman–Crippen LogP) is 2.53. The molecule has 1 aromatic carbocycles. The summed E-state index contributed by atoms with van der Waals surface area (Å²) in [5.74, 6) is -0.106. The highest BCUT2D eigenvalue weighted by atomic mass is 32.2. The smallest absolute Gasteiger partial charge is 0.325 e. The first-order chi connectivity index (χ1) is 10.1. The molecular formula is C15H20N2O3S. The minimum atomic E-state index is -1.01. The van der Waals surface area contributed by atoms with Gasteiger partial charge in [-0.05, 0) is 18.6 Å². The molecule has 6 heteroatoms. The van der Waals surface area contributed by atoms with Gasteiger partial charge in [0.15, 0.2) is 0 Å². The Kier molecular flexibility index (Phi) is 5.50.